The van der Waals surface area contributed by atoms with Gasteiger partial charge in [0.1, 0.15) is 5.82 Å². The molecule has 0 bridgehead atoms. The smallest absolute Gasteiger partial charge is 0.243 e. The molecule has 0 atom stereocenters. The Labute approximate surface area is 117 Å². The van der Waals surface area contributed by atoms with E-state index in [1.54, 1.807) is 12.1 Å². The highest BCUT2D eigenvalue weighted by Crippen LogP contribution is 2.10. The molecule has 0 fully saturated rings. The first-order valence-electron chi connectivity index (χ1n) is 6.55. The molecular weight excluding hydrogens is 255 g/mol. The van der Waals surface area contributed by atoms with E-state index in [2.05, 4.69) is 17.6 Å². The molecule has 0 heterocycles. The van der Waals surface area contributed by atoms with Crippen LogP contribution in [0.4, 0.5) is 15.8 Å². The number of carbonyl (C=O) groups is 1. The number of hydrogen-bond acceptors (Lipinski definition) is 2. The maximum absolute atomic E-state index is 12.7. The Bertz CT molecular complexity index is 564. The van der Waals surface area contributed by atoms with E-state index in [-0.39, 0.29) is 18.3 Å². The highest BCUT2D eigenvalue weighted by molar-refractivity contribution is 5.93. The maximum Gasteiger partial charge on any atom is 0.243 e. The molecule has 0 aliphatic carbocycles. The maximum atomic E-state index is 12.7. The Kier molecular flexibility index (Phi) is 4.71. The summed E-state index contributed by atoms with van der Waals surface area (Å²) >= 11 is 0. The second-order valence-corrected chi connectivity index (χ2v) is 4.46. The molecule has 2 aromatic carbocycles. The lowest BCUT2D eigenvalue weighted by molar-refractivity contribution is -0.114. The van der Waals surface area contributed by atoms with E-state index in [1.165, 1.54) is 17.7 Å². The standard InChI is InChI=1S/C16H17FN2O/c1-2-12-3-7-15(8-4-12)19-16(20)11-18-14-9-5-13(17)6-10-14/h3-10,18H,2,11H2,1H3,(H,19,20). The lowest BCUT2D eigenvalue weighted by atomic mass is 10.1. The van der Waals surface area contributed by atoms with Gasteiger partial charge in [0, 0.05) is 11.4 Å². The van der Waals surface area contributed by atoms with Crippen LogP contribution < -0.4 is 10.6 Å². The zero-order chi connectivity index (χ0) is 14.4. The molecule has 0 aliphatic rings. The van der Waals surface area contributed by atoms with Crippen molar-refractivity contribution in [3.8, 4) is 0 Å². The van der Waals surface area contributed by atoms with Crippen molar-refractivity contribution >= 4 is 17.3 Å². The van der Waals surface area contributed by atoms with E-state index in [4.69, 9.17) is 0 Å². The summed E-state index contributed by atoms with van der Waals surface area (Å²) in [6, 6.07) is 13.6. The van der Waals surface area contributed by atoms with Crippen molar-refractivity contribution in [2.45, 2.75) is 13.3 Å². The minimum Gasteiger partial charge on any atom is -0.376 e. The molecule has 0 radical (unpaired) electrons. The fraction of sp³-hybridized carbons (Fsp3) is 0.188. The van der Waals surface area contributed by atoms with Gasteiger partial charge in [0.15, 0.2) is 0 Å². The van der Waals surface area contributed by atoms with E-state index in [9.17, 15) is 9.18 Å². The molecule has 0 aliphatic heterocycles. The Morgan fingerprint density at radius 3 is 2.20 bits per heavy atom. The van der Waals surface area contributed by atoms with Gasteiger partial charge in [-0.1, -0.05) is 19.1 Å². The number of rotatable bonds is 5. The first-order valence-corrected chi connectivity index (χ1v) is 6.55. The summed E-state index contributed by atoms with van der Waals surface area (Å²) in [4.78, 5) is 11.8. The summed E-state index contributed by atoms with van der Waals surface area (Å²) in [6.07, 6.45) is 0.973. The minimum atomic E-state index is -0.295. The average molecular weight is 272 g/mol. The van der Waals surface area contributed by atoms with Gasteiger partial charge in [-0.05, 0) is 48.4 Å². The van der Waals surface area contributed by atoms with Crippen LogP contribution in [-0.2, 0) is 11.2 Å². The van der Waals surface area contributed by atoms with E-state index < -0.39 is 0 Å². The quantitative estimate of drug-likeness (QED) is 0.875. The summed E-state index contributed by atoms with van der Waals surface area (Å²) < 4.78 is 12.7. The molecule has 0 aromatic heterocycles. The Morgan fingerprint density at radius 2 is 1.60 bits per heavy atom. The number of hydrogen-bond donors (Lipinski definition) is 2. The lowest BCUT2D eigenvalue weighted by Gasteiger charge is -2.08. The number of halogens is 1. The van der Waals surface area contributed by atoms with Crippen LogP contribution in [0.2, 0.25) is 0 Å². The van der Waals surface area contributed by atoms with Crippen LogP contribution in [0.5, 0.6) is 0 Å². The van der Waals surface area contributed by atoms with Crippen LogP contribution in [0.1, 0.15) is 12.5 Å². The van der Waals surface area contributed by atoms with Crippen LogP contribution in [0.3, 0.4) is 0 Å². The number of nitrogens with one attached hydrogen (secondary N) is 2. The molecular formula is C16H17FN2O. The van der Waals surface area contributed by atoms with Gasteiger partial charge in [-0.15, -0.1) is 0 Å². The third-order valence-corrected chi connectivity index (χ3v) is 2.94. The van der Waals surface area contributed by atoms with Crippen LogP contribution in [-0.4, -0.2) is 12.5 Å². The molecule has 20 heavy (non-hydrogen) atoms. The first kappa shape index (κ1) is 14.1. The van der Waals surface area contributed by atoms with Crippen molar-refractivity contribution in [3.05, 3.63) is 59.9 Å². The predicted molar refractivity (Wildman–Crippen MR) is 79.3 cm³/mol. The Morgan fingerprint density at radius 1 is 1.00 bits per heavy atom. The lowest BCUT2D eigenvalue weighted by Crippen LogP contribution is -2.21. The largest absolute Gasteiger partial charge is 0.376 e. The average Bonchev–Trinajstić information content (AvgIpc) is 2.47. The summed E-state index contributed by atoms with van der Waals surface area (Å²) in [5.41, 5.74) is 2.71. The first-order chi connectivity index (χ1) is 9.67. The van der Waals surface area contributed by atoms with Crippen LogP contribution in [0.15, 0.2) is 48.5 Å². The third kappa shape index (κ3) is 4.09. The van der Waals surface area contributed by atoms with Gasteiger partial charge >= 0.3 is 0 Å². The highest BCUT2D eigenvalue weighted by Gasteiger charge is 2.02. The SMILES string of the molecule is CCc1ccc(NC(=O)CNc2ccc(F)cc2)cc1. The summed E-state index contributed by atoms with van der Waals surface area (Å²) in [5.74, 6) is -0.436. The van der Waals surface area contributed by atoms with Crippen molar-refractivity contribution < 1.29 is 9.18 Å². The molecule has 3 nitrogen and oxygen atoms in total. The van der Waals surface area contributed by atoms with Gasteiger partial charge in [0.25, 0.3) is 0 Å². The zero-order valence-corrected chi connectivity index (χ0v) is 11.3. The van der Waals surface area contributed by atoms with Gasteiger partial charge in [-0.3, -0.25) is 4.79 Å². The van der Waals surface area contributed by atoms with Crippen molar-refractivity contribution in [2.24, 2.45) is 0 Å². The molecule has 104 valence electrons. The van der Waals surface area contributed by atoms with Gasteiger partial charge < -0.3 is 10.6 Å². The molecule has 0 unspecified atom stereocenters. The molecule has 2 rings (SSSR count). The fourth-order valence-corrected chi connectivity index (χ4v) is 1.78. The molecule has 2 N–H and O–H groups in total. The molecule has 1 amide bonds. The number of anilines is 2. The Hall–Kier alpha value is -2.36. The van der Waals surface area contributed by atoms with Gasteiger partial charge in [-0.2, -0.15) is 0 Å². The topological polar surface area (TPSA) is 41.1 Å². The monoisotopic (exact) mass is 272 g/mol. The molecule has 2 aromatic rings. The number of amides is 1. The van der Waals surface area contributed by atoms with Gasteiger partial charge in [0.2, 0.25) is 5.91 Å². The normalized spacial score (nSPS) is 10.1. The minimum absolute atomic E-state index is 0.140. The second-order valence-electron chi connectivity index (χ2n) is 4.46. The number of benzene rings is 2. The van der Waals surface area contributed by atoms with Crippen LogP contribution >= 0.6 is 0 Å². The van der Waals surface area contributed by atoms with E-state index in [0.717, 1.165) is 12.1 Å². The predicted octanol–water partition coefficient (Wildman–Crippen LogP) is 3.44. The van der Waals surface area contributed by atoms with E-state index in [0.29, 0.717) is 5.69 Å². The van der Waals surface area contributed by atoms with Crippen LogP contribution in [0.25, 0.3) is 0 Å². The second kappa shape index (κ2) is 6.70. The molecule has 0 spiro atoms. The van der Waals surface area contributed by atoms with Crippen molar-refractivity contribution in [1.29, 1.82) is 0 Å². The van der Waals surface area contributed by atoms with E-state index >= 15 is 0 Å². The summed E-state index contributed by atoms with van der Waals surface area (Å²) in [6.45, 7) is 2.22. The van der Waals surface area contributed by atoms with Crippen molar-refractivity contribution in [3.63, 3.8) is 0 Å². The number of carbonyl (C=O) groups excluding carboxylic acids is 1. The van der Waals surface area contributed by atoms with Crippen LogP contribution in [0, 0.1) is 5.82 Å². The van der Waals surface area contributed by atoms with Crippen molar-refractivity contribution in [2.75, 3.05) is 17.2 Å². The third-order valence-electron chi connectivity index (χ3n) is 2.94. The van der Waals surface area contributed by atoms with E-state index in [1.807, 2.05) is 24.3 Å². The summed E-state index contributed by atoms with van der Waals surface area (Å²) in [7, 11) is 0. The molecule has 4 heteroatoms. The summed E-state index contributed by atoms with van der Waals surface area (Å²) in [5, 5.41) is 5.74. The van der Waals surface area contributed by atoms with Crippen molar-refractivity contribution in [1.82, 2.24) is 0 Å². The highest BCUT2D eigenvalue weighted by atomic mass is 19.1. The molecule has 0 saturated carbocycles. The zero-order valence-electron chi connectivity index (χ0n) is 11.3. The number of aryl methyl sites for hydroxylation is 1. The van der Waals surface area contributed by atoms with Gasteiger partial charge in [-0.25, -0.2) is 4.39 Å². The molecule has 0 saturated heterocycles. The fourth-order valence-electron chi connectivity index (χ4n) is 1.78. The van der Waals surface area contributed by atoms with Gasteiger partial charge in [0.05, 0.1) is 6.54 Å². The Balaban J connectivity index is 1.84.